The Morgan fingerprint density at radius 3 is 2.34 bits per heavy atom. The Morgan fingerprint density at radius 1 is 0.875 bits per heavy atom. The minimum absolute atomic E-state index is 0.0638. The third kappa shape index (κ3) is 6.39. The predicted molar refractivity (Wildman–Crippen MR) is 123 cm³/mol. The van der Waals surface area contributed by atoms with Crippen LogP contribution in [0.2, 0.25) is 0 Å². The molecule has 0 aliphatic carbocycles. The normalized spacial score (nSPS) is 10.9. The number of carbonyl (C=O) groups is 3. The van der Waals surface area contributed by atoms with E-state index in [1.807, 2.05) is 0 Å². The SMILES string of the molecule is CC(C)(C)OC(=O)Nc1ccc(F)cc1NC(=O)c1cccc(NC(=O)c2cccs2)c1. The van der Waals surface area contributed by atoms with E-state index in [9.17, 15) is 18.8 Å². The Labute approximate surface area is 188 Å². The van der Waals surface area contributed by atoms with Crippen molar-refractivity contribution in [1.82, 2.24) is 0 Å². The summed E-state index contributed by atoms with van der Waals surface area (Å²) in [5.74, 6) is -1.42. The number of halogens is 1. The average Bonchev–Trinajstić information content (AvgIpc) is 3.24. The number of thiophene rings is 1. The number of carbonyl (C=O) groups excluding carboxylic acids is 3. The Balaban J connectivity index is 1.75. The van der Waals surface area contributed by atoms with Crippen LogP contribution < -0.4 is 16.0 Å². The smallest absolute Gasteiger partial charge is 0.412 e. The molecule has 0 saturated carbocycles. The van der Waals surface area contributed by atoms with E-state index in [1.165, 1.54) is 23.5 Å². The molecular formula is C23H22FN3O4S. The topological polar surface area (TPSA) is 96.5 Å². The quantitative estimate of drug-likeness (QED) is 0.457. The van der Waals surface area contributed by atoms with Crippen LogP contribution in [0.5, 0.6) is 0 Å². The van der Waals surface area contributed by atoms with Crippen molar-refractivity contribution in [3.05, 3.63) is 76.2 Å². The molecule has 3 amide bonds. The highest BCUT2D eigenvalue weighted by atomic mass is 32.1. The van der Waals surface area contributed by atoms with Gasteiger partial charge in [-0.2, -0.15) is 0 Å². The maximum atomic E-state index is 13.8. The zero-order valence-electron chi connectivity index (χ0n) is 17.7. The van der Waals surface area contributed by atoms with Crippen molar-refractivity contribution < 1.29 is 23.5 Å². The number of hydrogen-bond acceptors (Lipinski definition) is 5. The van der Waals surface area contributed by atoms with Gasteiger partial charge in [0.1, 0.15) is 11.4 Å². The lowest BCUT2D eigenvalue weighted by Gasteiger charge is -2.20. The van der Waals surface area contributed by atoms with Crippen LogP contribution >= 0.6 is 11.3 Å². The first-order valence-electron chi connectivity index (χ1n) is 9.66. The van der Waals surface area contributed by atoms with E-state index in [0.29, 0.717) is 10.6 Å². The van der Waals surface area contributed by atoms with Crippen molar-refractivity contribution in [2.24, 2.45) is 0 Å². The van der Waals surface area contributed by atoms with Crippen molar-refractivity contribution in [2.45, 2.75) is 26.4 Å². The van der Waals surface area contributed by atoms with E-state index in [2.05, 4.69) is 16.0 Å². The fraction of sp³-hybridized carbons (Fsp3) is 0.174. The lowest BCUT2D eigenvalue weighted by atomic mass is 10.1. The molecule has 7 nitrogen and oxygen atoms in total. The summed E-state index contributed by atoms with van der Waals surface area (Å²) in [5, 5.41) is 9.61. The van der Waals surface area contributed by atoms with Gasteiger partial charge in [-0.3, -0.25) is 14.9 Å². The molecule has 1 heterocycles. The lowest BCUT2D eigenvalue weighted by molar-refractivity contribution is 0.0635. The summed E-state index contributed by atoms with van der Waals surface area (Å²) in [6, 6.07) is 13.4. The first kappa shape index (κ1) is 23.0. The van der Waals surface area contributed by atoms with Crippen LogP contribution in [0.3, 0.4) is 0 Å². The van der Waals surface area contributed by atoms with Crippen LogP contribution in [0.1, 0.15) is 40.8 Å². The molecule has 166 valence electrons. The van der Waals surface area contributed by atoms with Gasteiger partial charge in [0.25, 0.3) is 11.8 Å². The Morgan fingerprint density at radius 2 is 1.66 bits per heavy atom. The maximum absolute atomic E-state index is 13.8. The van der Waals surface area contributed by atoms with E-state index in [1.54, 1.807) is 56.5 Å². The van der Waals surface area contributed by atoms with Gasteiger partial charge >= 0.3 is 6.09 Å². The lowest BCUT2D eigenvalue weighted by Crippen LogP contribution is -2.27. The van der Waals surface area contributed by atoms with Gasteiger partial charge in [0.05, 0.1) is 16.3 Å². The van der Waals surface area contributed by atoms with Crippen LogP contribution in [0.4, 0.5) is 26.2 Å². The van der Waals surface area contributed by atoms with E-state index in [0.717, 1.165) is 12.1 Å². The molecule has 0 bridgehead atoms. The number of ether oxygens (including phenoxy) is 1. The van der Waals surface area contributed by atoms with Gasteiger partial charge in [-0.05, 0) is 68.6 Å². The van der Waals surface area contributed by atoms with Crippen molar-refractivity contribution >= 4 is 46.3 Å². The molecule has 32 heavy (non-hydrogen) atoms. The zero-order valence-corrected chi connectivity index (χ0v) is 18.5. The largest absolute Gasteiger partial charge is 0.444 e. The molecule has 0 fully saturated rings. The highest BCUT2D eigenvalue weighted by molar-refractivity contribution is 7.12. The van der Waals surface area contributed by atoms with Crippen molar-refractivity contribution in [2.75, 3.05) is 16.0 Å². The summed E-state index contributed by atoms with van der Waals surface area (Å²) in [6.07, 6.45) is -0.738. The fourth-order valence-electron chi connectivity index (χ4n) is 2.68. The van der Waals surface area contributed by atoms with Gasteiger partial charge in [-0.15, -0.1) is 11.3 Å². The predicted octanol–water partition coefficient (Wildman–Crippen LogP) is 5.74. The number of nitrogens with one attached hydrogen (secondary N) is 3. The molecule has 3 rings (SSSR count). The number of anilines is 3. The second-order valence-electron chi connectivity index (χ2n) is 7.78. The zero-order chi connectivity index (χ0) is 23.3. The van der Waals surface area contributed by atoms with Crippen LogP contribution in [-0.2, 0) is 4.74 Å². The Hall–Kier alpha value is -3.72. The van der Waals surface area contributed by atoms with E-state index in [4.69, 9.17) is 4.74 Å². The van der Waals surface area contributed by atoms with E-state index in [-0.39, 0.29) is 22.8 Å². The molecule has 0 saturated heterocycles. The number of benzene rings is 2. The van der Waals surface area contributed by atoms with Crippen LogP contribution in [0.25, 0.3) is 0 Å². The summed E-state index contributed by atoms with van der Waals surface area (Å²) in [6.45, 7) is 5.14. The second kappa shape index (κ2) is 9.61. The Kier molecular flexibility index (Phi) is 6.89. The van der Waals surface area contributed by atoms with Gasteiger partial charge in [-0.25, -0.2) is 9.18 Å². The first-order valence-corrected chi connectivity index (χ1v) is 10.5. The summed E-state index contributed by atoms with van der Waals surface area (Å²) in [7, 11) is 0. The van der Waals surface area contributed by atoms with Crippen LogP contribution in [-0.4, -0.2) is 23.5 Å². The fourth-order valence-corrected chi connectivity index (χ4v) is 3.29. The second-order valence-corrected chi connectivity index (χ2v) is 8.73. The highest BCUT2D eigenvalue weighted by Gasteiger charge is 2.18. The van der Waals surface area contributed by atoms with Crippen molar-refractivity contribution in [3.8, 4) is 0 Å². The number of amides is 3. The molecule has 0 atom stereocenters. The molecule has 2 aromatic carbocycles. The molecule has 9 heteroatoms. The van der Waals surface area contributed by atoms with Crippen LogP contribution in [0, 0.1) is 5.82 Å². The Bertz CT molecular complexity index is 1140. The van der Waals surface area contributed by atoms with Gasteiger partial charge in [0.15, 0.2) is 0 Å². The standard InChI is InChI=1S/C23H22FN3O4S/c1-23(2,3)31-22(30)27-17-10-9-15(24)13-18(17)26-20(28)14-6-4-7-16(12-14)25-21(29)19-8-5-11-32-19/h4-13H,1-3H3,(H,25,29)(H,26,28)(H,27,30). The summed E-state index contributed by atoms with van der Waals surface area (Å²) in [5.41, 5.74) is 0.190. The number of rotatable bonds is 5. The van der Waals surface area contributed by atoms with Crippen molar-refractivity contribution in [3.63, 3.8) is 0 Å². The molecular weight excluding hydrogens is 433 g/mol. The van der Waals surface area contributed by atoms with E-state index < -0.39 is 23.4 Å². The molecule has 3 N–H and O–H groups in total. The number of hydrogen-bond donors (Lipinski definition) is 3. The molecule has 0 spiro atoms. The minimum Gasteiger partial charge on any atom is -0.444 e. The monoisotopic (exact) mass is 455 g/mol. The maximum Gasteiger partial charge on any atom is 0.412 e. The van der Waals surface area contributed by atoms with Gasteiger partial charge < -0.3 is 15.4 Å². The summed E-state index contributed by atoms with van der Waals surface area (Å²) >= 11 is 1.30. The minimum atomic E-state index is -0.738. The van der Waals surface area contributed by atoms with Crippen LogP contribution in [0.15, 0.2) is 60.0 Å². The molecule has 0 aliphatic rings. The summed E-state index contributed by atoms with van der Waals surface area (Å²) in [4.78, 5) is 37.6. The first-order chi connectivity index (χ1) is 15.1. The van der Waals surface area contributed by atoms with Gasteiger partial charge in [0.2, 0.25) is 0 Å². The molecule has 1 aromatic heterocycles. The van der Waals surface area contributed by atoms with Gasteiger partial charge in [0, 0.05) is 11.3 Å². The third-order valence-corrected chi connectivity index (χ3v) is 4.86. The highest BCUT2D eigenvalue weighted by Crippen LogP contribution is 2.25. The molecule has 0 unspecified atom stereocenters. The third-order valence-electron chi connectivity index (χ3n) is 3.99. The molecule has 3 aromatic rings. The average molecular weight is 456 g/mol. The summed E-state index contributed by atoms with van der Waals surface area (Å²) < 4.78 is 19.0. The van der Waals surface area contributed by atoms with Gasteiger partial charge in [-0.1, -0.05) is 12.1 Å². The van der Waals surface area contributed by atoms with Crippen molar-refractivity contribution in [1.29, 1.82) is 0 Å². The molecule has 0 radical (unpaired) electrons. The molecule has 0 aliphatic heterocycles. The van der Waals surface area contributed by atoms with E-state index >= 15 is 0 Å².